The zero-order chi connectivity index (χ0) is 15.0. The molecular formula is C17H18O3. The molecule has 0 aliphatic heterocycles. The van der Waals surface area contributed by atoms with Crippen molar-refractivity contribution < 1.29 is 15.0 Å². The first-order chi connectivity index (χ1) is 9.36. The van der Waals surface area contributed by atoms with E-state index in [1.807, 2.05) is 20.8 Å². The van der Waals surface area contributed by atoms with Crippen molar-refractivity contribution in [3.8, 4) is 11.5 Å². The predicted octanol–water partition coefficient (Wildman–Crippen LogP) is 3.56. The van der Waals surface area contributed by atoms with E-state index in [1.54, 1.807) is 25.1 Å². The van der Waals surface area contributed by atoms with Gasteiger partial charge in [-0.15, -0.1) is 0 Å². The Morgan fingerprint density at radius 1 is 0.850 bits per heavy atom. The quantitative estimate of drug-likeness (QED) is 0.820. The summed E-state index contributed by atoms with van der Waals surface area (Å²) in [4.78, 5) is 12.6. The SMILES string of the molecule is Cc1c(C)c(C)c(C(=O)c2ccccc2O)c(O)c1C. The van der Waals surface area contributed by atoms with Gasteiger partial charge in [-0.1, -0.05) is 12.1 Å². The molecule has 0 aliphatic rings. The van der Waals surface area contributed by atoms with Crippen LogP contribution in [0, 0.1) is 27.7 Å². The van der Waals surface area contributed by atoms with Gasteiger partial charge in [0.05, 0.1) is 11.1 Å². The predicted molar refractivity (Wildman–Crippen MR) is 78.6 cm³/mol. The molecule has 0 unspecified atom stereocenters. The summed E-state index contributed by atoms with van der Waals surface area (Å²) in [5, 5.41) is 20.1. The average molecular weight is 270 g/mol. The summed E-state index contributed by atoms with van der Waals surface area (Å²) >= 11 is 0. The van der Waals surface area contributed by atoms with E-state index < -0.39 is 0 Å². The number of phenolic OH excluding ortho intramolecular Hbond substituents is 2. The maximum Gasteiger partial charge on any atom is 0.200 e. The highest BCUT2D eigenvalue weighted by molar-refractivity contribution is 6.13. The van der Waals surface area contributed by atoms with E-state index in [0.29, 0.717) is 5.56 Å². The first kappa shape index (κ1) is 14.1. The lowest BCUT2D eigenvalue weighted by atomic mass is 9.89. The Morgan fingerprint density at radius 2 is 1.40 bits per heavy atom. The number of phenols is 2. The Balaban J connectivity index is 2.71. The molecular weight excluding hydrogens is 252 g/mol. The molecule has 20 heavy (non-hydrogen) atoms. The number of benzene rings is 2. The van der Waals surface area contributed by atoms with E-state index in [9.17, 15) is 15.0 Å². The molecule has 2 aromatic carbocycles. The minimum absolute atomic E-state index is 0.00106. The van der Waals surface area contributed by atoms with Crippen LogP contribution in [0.2, 0.25) is 0 Å². The largest absolute Gasteiger partial charge is 0.507 e. The number of ketones is 1. The van der Waals surface area contributed by atoms with Crippen molar-refractivity contribution in [1.82, 2.24) is 0 Å². The summed E-state index contributed by atoms with van der Waals surface area (Å²) in [7, 11) is 0. The van der Waals surface area contributed by atoms with Gasteiger partial charge in [-0.05, 0) is 62.1 Å². The molecule has 104 valence electrons. The highest BCUT2D eigenvalue weighted by Crippen LogP contribution is 2.34. The van der Waals surface area contributed by atoms with E-state index in [2.05, 4.69) is 0 Å². The van der Waals surface area contributed by atoms with Gasteiger partial charge in [0.1, 0.15) is 11.5 Å². The number of carbonyl (C=O) groups is 1. The monoisotopic (exact) mass is 270 g/mol. The molecule has 0 saturated carbocycles. The van der Waals surface area contributed by atoms with Gasteiger partial charge in [0.25, 0.3) is 0 Å². The Kier molecular flexibility index (Phi) is 3.53. The Labute approximate surface area is 118 Å². The van der Waals surface area contributed by atoms with Crippen LogP contribution in [0.3, 0.4) is 0 Å². The Hall–Kier alpha value is -2.29. The zero-order valence-electron chi connectivity index (χ0n) is 12.1. The van der Waals surface area contributed by atoms with Crippen LogP contribution in [0.25, 0.3) is 0 Å². The second kappa shape index (κ2) is 5.00. The van der Waals surface area contributed by atoms with Crippen LogP contribution in [0.1, 0.15) is 38.2 Å². The van der Waals surface area contributed by atoms with Crippen LogP contribution in [-0.4, -0.2) is 16.0 Å². The fourth-order valence-corrected chi connectivity index (χ4v) is 2.37. The maximum atomic E-state index is 12.6. The summed E-state index contributed by atoms with van der Waals surface area (Å²) < 4.78 is 0. The number of rotatable bonds is 2. The number of para-hydroxylation sites is 1. The van der Waals surface area contributed by atoms with Gasteiger partial charge in [0.2, 0.25) is 5.78 Å². The van der Waals surface area contributed by atoms with Gasteiger partial charge in [-0.2, -0.15) is 0 Å². The van der Waals surface area contributed by atoms with Crippen LogP contribution >= 0.6 is 0 Å². The Bertz CT molecular complexity index is 671. The van der Waals surface area contributed by atoms with Crippen LogP contribution in [-0.2, 0) is 0 Å². The van der Waals surface area contributed by atoms with Crippen molar-refractivity contribution in [2.45, 2.75) is 27.7 Å². The molecule has 2 N–H and O–H groups in total. The fourth-order valence-electron chi connectivity index (χ4n) is 2.37. The van der Waals surface area contributed by atoms with Gasteiger partial charge in [-0.25, -0.2) is 0 Å². The number of hydrogen-bond acceptors (Lipinski definition) is 3. The van der Waals surface area contributed by atoms with Gasteiger partial charge < -0.3 is 10.2 Å². The highest BCUT2D eigenvalue weighted by Gasteiger charge is 2.23. The normalized spacial score (nSPS) is 10.6. The summed E-state index contributed by atoms with van der Waals surface area (Å²) in [6.07, 6.45) is 0. The van der Waals surface area contributed by atoms with Crippen molar-refractivity contribution in [3.63, 3.8) is 0 Å². The molecule has 0 aromatic heterocycles. The van der Waals surface area contributed by atoms with E-state index in [-0.39, 0.29) is 28.4 Å². The van der Waals surface area contributed by atoms with Gasteiger partial charge in [0, 0.05) is 0 Å². The van der Waals surface area contributed by atoms with Crippen LogP contribution in [0.15, 0.2) is 24.3 Å². The molecule has 0 radical (unpaired) electrons. The lowest BCUT2D eigenvalue weighted by Crippen LogP contribution is -2.08. The molecule has 3 nitrogen and oxygen atoms in total. The highest BCUT2D eigenvalue weighted by atomic mass is 16.3. The molecule has 0 amide bonds. The van der Waals surface area contributed by atoms with Gasteiger partial charge >= 0.3 is 0 Å². The molecule has 2 aromatic rings. The molecule has 2 rings (SSSR count). The molecule has 0 aliphatic carbocycles. The van der Waals surface area contributed by atoms with Crippen molar-refractivity contribution in [3.05, 3.63) is 57.6 Å². The van der Waals surface area contributed by atoms with E-state index >= 15 is 0 Å². The third kappa shape index (κ3) is 2.05. The maximum absolute atomic E-state index is 12.6. The average Bonchev–Trinajstić information content (AvgIpc) is 2.43. The fraction of sp³-hybridized carbons (Fsp3) is 0.235. The molecule has 0 heterocycles. The molecule has 0 spiro atoms. The summed E-state index contributed by atoms with van der Waals surface area (Å²) in [6, 6.07) is 6.37. The van der Waals surface area contributed by atoms with E-state index in [1.165, 1.54) is 6.07 Å². The third-order valence-corrected chi connectivity index (χ3v) is 4.03. The first-order valence-corrected chi connectivity index (χ1v) is 6.48. The van der Waals surface area contributed by atoms with Gasteiger partial charge in [0.15, 0.2) is 0 Å². The summed E-state index contributed by atoms with van der Waals surface area (Å²) in [5.41, 5.74) is 3.89. The molecule has 0 fully saturated rings. The first-order valence-electron chi connectivity index (χ1n) is 6.48. The summed E-state index contributed by atoms with van der Waals surface area (Å²) in [6.45, 7) is 7.46. The summed E-state index contributed by atoms with van der Waals surface area (Å²) in [5.74, 6) is -0.435. The van der Waals surface area contributed by atoms with E-state index in [4.69, 9.17) is 0 Å². The van der Waals surface area contributed by atoms with Crippen LogP contribution in [0.5, 0.6) is 11.5 Å². The second-order valence-electron chi connectivity index (χ2n) is 5.07. The number of aromatic hydroxyl groups is 2. The van der Waals surface area contributed by atoms with Crippen molar-refractivity contribution in [2.24, 2.45) is 0 Å². The molecule has 3 heteroatoms. The molecule has 0 saturated heterocycles. The van der Waals surface area contributed by atoms with Crippen molar-refractivity contribution >= 4 is 5.78 Å². The van der Waals surface area contributed by atoms with Gasteiger partial charge in [-0.3, -0.25) is 4.79 Å². The number of hydrogen-bond donors (Lipinski definition) is 2. The molecule has 0 atom stereocenters. The molecule has 0 bridgehead atoms. The van der Waals surface area contributed by atoms with Crippen molar-refractivity contribution in [1.29, 1.82) is 0 Å². The number of carbonyl (C=O) groups excluding carboxylic acids is 1. The minimum Gasteiger partial charge on any atom is -0.507 e. The zero-order valence-corrected chi connectivity index (χ0v) is 12.1. The van der Waals surface area contributed by atoms with Crippen LogP contribution < -0.4 is 0 Å². The van der Waals surface area contributed by atoms with E-state index in [0.717, 1.165) is 16.7 Å². The van der Waals surface area contributed by atoms with Crippen LogP contribution in [0.4, 0.5) is 0 Å². The lowest BCUT2D eigenvalue weighted by Gasteiger charge is -2.16. The standard InChI is InChI=1S/C17H18O3/c1-9-10(2)12(4)16(19)15(11(9)3)17(20)13-7-5-6-8-14(13)18/h5-8,18-19H,1-4H3. The topological polar surface area (TPSA) is 57.5 Å². The second-order valence-corrected chi connectivity index (χ2v) is 5.07. The Morgan fingerprint density at radius 3 is 2.00 bits per heavy atom. The third-order valence-electron chi connectivity index (χ3n) is 4.03. The lowest BCUT2D eigenvalue weighted by molar-refractivity contribution is 0.103. The minimum atomic E-state index is -0.357. The van der Waals surface area contributed by atoms with Crippen molar-refractivity contribution in [2.75, 3.05) is 0 Å². The smallest absolute Gasteiger partial charge is 0.200 e.